The molecule has 3 aromatic rings. The van der Waals surface area contributed by atoms with Crippen molar-refractivity contribution in [1.29, 1.82) is 0 Å². The van der Waals surface area contributed by atoms with Gasteiger partial charge in [0.2, 0.25) is 5.91 Å². The van der Waals surface area contributed by atoms with Crippen molar-refractivity contribution in [2.45, 2.75) is 38.5 Å². The highest BCUT2D eigenvalue weighted by Gasteiger charge is 2.49. The Bertz CT molecular complexity index is 1360. The number of aromatic nitrogens is 3. The van der Waals surface area contributed by atoms with Crippen LogP contribution in [0, 0.1) is 23.0 Å². The van der Waals surface area contributed by atoms with Gasteiger partial charge in [0.05, 0.1) is 11.9 Å². The Labute approximate surface area is 223 Å². The van der Waals surface area contributed by atoms with Crippen LogP contribution in [0.1, 0.15) is 49.2 Å². The number of pyridine rings is 1. The maximum atomic E-state index is 13.4. The minimum atomic E-state index is -1.03. The van der Waals surface area contributed by atoms with Crippen molar-refractivity contribution in [3.8, 4) is 0 Å². The molecular formula is C27H29F2N7O3. The van der Waals surface area contributed by atoms with Gasteiger partial charge in [0.15, 0.2) is 11.6 Å². The predicted octanol–water partition coefficient (Wildman–Crippen LogP) is 4.36. The van der Waals surface area contributed by atoms with E-state index in [-0.39, 0.29) is 28.9 Å². The van der Waals surface area contributed by atoms with Crippen LogP contribution >= 0.6 is 0 Å². The smallest absolute Gasteiger partial charge is 0.320 e. The average molecular weight is 538 g/mol. The summed E-state index contributed by atoms with van der Waals surface area (Å²) in [5.74, 6) is -1.54. The first-order chi connectivity index (χ1) is 18.9. The molecule has 1 aromatic carbocycles. The summed E-state index contributed by atoms with van der Waals surface area (Å²) in [6, 6.07) is 6.68. The number of hydrogen-bond acceptors (Lipinski definition) is 8. The Kier molecular flexibility index (Phi) is 6.61. The normalized spacial score (nSPS) is 18.7. The molecular weight excluding hydrogens is 508 g/mol. The lowest BCUT2D eigenvalue weighted by atomic mass is 9.57. The van der Waals surface area contributed by atoms with Crippen LogP contribution in [0.15, 0.2) is 40.9 Å². The van der Waals surface area contributed by atoms with Gasteiger partial charge in [-0.3, -0.25) is 9.59 Å². The molecule has 4 heterocycles. The molecule has 204 valence electrons. The first kappa shape index (κ1) is 25.2. The lowest BCUT2D eigenvalue weighted by molar-refractivity contribution is -0.143. The summed E-state index contributed by atoms with van der Waals surface area (Å²) >= 11 is 0. The summed E-state index contributed by atoms with van der Waals surface area (Å²) in [4.78, 5) is 34.0. The molecule has 2 aliphatic heterocycles. The van der Waals surface area contributed by atoms with Crippen LogP contribution in [0.2, 0.25) is 0 Å². The predicted molar refractivity (Wildman–Crippen MR) is 139 cm³/mol. The van der Waals surface area contributed by atoms with Gasteiger partial charge >= 0.3 is 17.8 Å². The summed E-state index contributed by atoms with van der Waals surface area (Å²) in [5.41, 5.74) is 0.945. The van der Waals surface area contributed by atoms with E-state index in [0.29, 0.717) is 11.6 Å². The number of amides is 2. The first-order valence-corrected chi connectivity index (χ1v) is 13.2. The van der Waals surface area contributed by atoms with Crippen molar-refractivity contribution in [1.82, 2.24) is 20.1 Å². The first-order valence-electron chi connectivity index (χ1n) is 13.2. The number of likely N-dealkylation sites (tertiary alicyclic amines) is 1. The van der Waals surface area contributed by atoms with Crippen molar-refractivity contribution in [3.63, 3.8) is 0 Å². The van der Waals surface area contributed by atoms with Crippen molar-refractivity contribution in [2.24, 2.45) is 11.3 Å². The molecule has 0 atom stereocenters. The fraction of sp³-hybridized carbons (Fsp3) is 0.444. The van der Waals surface area contributed by atoms with Crippen LogP contribution in [0.4, 0.5) is 32.0 Å². The highest BCUT2D eigenvalue weighted by Crippen LogP contribution is 2.53. The molecule has 1 saturated carbocycles. The summed E-state index contributed by atoms with van der Waals surface area (Å²) in [6.07, 6.45) is 7.94. The van der Waals surface area contributed by atoms with Gasteiger partial charge in [0.1, 0.15) is 5.82 Å². The van der Waals surface area contributed by atoms with Gasteiger partial charge < -0.3 is 24.9 Å². The Hall–Kier alpha value is -4.09. The van der Waals surface area contributed by atoms with E-state index in [4.69, 9.17) is 4.42 Å². The van der Waals surface area contributed by atoms with Gasteiger partial charge in [0.25, 0.3) is 0 Å². The SMILES string of the molecule is O=C(Nc1ccc(N2CCC3(CC2)CC(C(=O)N2CCCC2)C3)nc1)c1nnc(Nc2ccc(F)c(F)c2)o1. The third kappa shape index (κ3) is 5.27. The number of carbonyl (C=O) groups excluding carboxylic acids is 2. The molecule has 2 saturated heterocycles. The van der Waals surface area contributed by atoms with E-state index in [1.165, 1.54) is 6.07 Å². The monoisotopic (exact) mass is 537 g/mol. The summed E-state index contributed by atoms with van der Waals surface area (Å²) < 4.78 is 31.8. The maximum Gasteiger partial charge on any atom is 0.320 e. The van der Waals surface area contributed by atoms with Crippen LogP contribution in [0.3, 0.4) is 0 Å². The topological polar surface area (TPSA) is 116 Å². The van der Waals surface area contributed by atoms with E-state index in [1.807, 2.05) is 11.0 Å². The van der Waals surface area contributed by atoms with Crippen LogP contribution in [-0.2, 0) is 4.79 Å². The standard InChI is InChI=1S/C27H29F2N7O3/c28-20-5-3-18(13-21(20)29)32-26-34-33-24(39-26)23(37)31-19-4-6-22(30-16-19)35-11-7-27(8-12-35)14-17(15-27)25(38)36-9-1-2-10-36/h3-6,13,16-17H,1-2,7-12,14-15H2,(H,31,37)(H,32,34). The molecule has 10 nitrogen and oxygen atoms in total. The highest BCUT2D eigenvalue weighted by molar-refractivity contribution is 6.00. The number of anilines is 4. The number of carbonyl (C=O) groups is 2. The number of piperidine rings is 1. The fourth-order valence-electron chi connectivity index (χ4n) is 5.87. The quantitative estimate of drug-likeness (QED) is 0.477. The zero-order valence-corrected chi connectivity index (χ0v) is 21.3. The summed E-state index contributed by atoms with van der Waals surface area (Å²) in [7, 11) is 0. The second-order valence-electron chi connectivity index (χ2n) is 10.7. The molecule has 2 N–H and O–H groups in total. The minimum Gasteiger partial charge on any atom is -0.399 e. The Balaban J connectivity index is 0.986. The Morgan fingerprint density at radius 1 is 0.949 bits per heavy atom. The van der Waals surface area contributed by atoms with Crippen LogP contribution < -0.4 is 15.5 Å². The average Bonchev–Trinajstić information content (AvgIpc) is 3.63. The van der Waals surface area contributed by atoms with Crippen LogP contribution in [0.25, 0.3) is 0 Å². The van der Waals surface area contributed by atoms with Crippen LogP contribution in [0.5, 0.6) is 0 Å². The van der Waals surface area contributed by atoms with Gasteiger partial charge in [-0.2, -0.15) is 0 Å². The molecule has 1 spiro atoms. The summed E-state index contributed by atoms with van der Waals surface area (Å²) in [6.45, 7) is 3.62. The molecule has 39 heavy (non-hydrogen) atoms. The lowest BCUT2D eigenvalue weighted by Gasteiger charge is -2.52. The molecule has 12 heteroatoms. The fourth-order valence-corrected chi connectivity index (χ4v) is 5.87. The van der Waals surface area contributed by atoms with E-state index < -0.39 is 17.5 Å². The summed E-state index contributed by atoms with van der Waals surface area (Å²) in [5, 5.41) is 12.7. The zero-order valence-electron chi connectivity index (χ0n) is 21.3. The molecule has 0 unspecified atom stereocenters. The van der Waals surface area contributed by atoms with E-state index in [9.17, 15) is 18.4 Å². The molecule has 1 aliphatic carbocycles. The largest absolute Gasteiger partial charge is 0.399 e. The van der Waals surface area contributed by atoms with Gasteiger partial charge in [0, 0.05) is 43.9 Å². The number of benzene rings is 1. The second-order valence-corrected chi connectivity index (χ2v) is 10.7. The van der Waals surface area contributed by atoms with Crippen molar-refractivity contribution < 1.29 is 22.8 Å². The van der Waals surface area contributed by atoms with Crippen molar-refractivity contribution in [2.75, 3.05) is 41.7 Å². The van der Waals surface area contributed by atoms with Gasteiger partial charge in [-0.25, -0.2) is 13.8 Å². The zero-order chi connectivity index (χ0) is 27.0. The van der Waals surface area contributed by atoms with Crippen LogP contribution in [-0.4, -0.2) is 58.1 Å². The minimum absolute atomic E-state index is 0.138. The molecule has 2 amide bonds. The van der Waals surface area contributed by atoms with Gasteiger partial charge in [-0.1, -0.05) is 5.10 Å². The van der Waals surface area contributed by atoms with Crippen molar-refractivity contribution in [3.05, 3.63) is 54.1 Å². The number of halogens is 2. The number of nitrogens with one attached hydrogen (secondary N) is 2. The molecule has 6 rings (SSSR count). The maximum absolute atomic E-state index is 13.4. The number of rotatable bonds is 6. The van der Waals surface area contributed by atoms with Gasteiger partial charge in [-0.05, 0) is 68.2 Å². The third-order valence-electron chi connectivity index (χ3n) is 8.07. The lowest BCUT2D eigenvalue weighted by Crippen LogP contribution is -2.51. The van der Waals surface area contributed by atoms with E-state index in [2.05, 4.69) is 30.7 Å². The van der Waals surface area contributed by atoms with Gasteiger partial charge in [-0.15, -0.1) is 5.10 Å². The Morgan fingerprint density at radius 3 is 2.38 bits per heavy atom. The van der Waals surface area contributed by atoms with E-state index >= 15 is 0 Å². The van der Waals surface area contributed by atoms with E-state index in [1.54, 1.807) is 12.3 Å². The molecule has 0 bridgehead atoms. The molecule has 3 aliphatic rings. The molecule has 2 aromatic heterocycles. The number of hydrogen-bond donors (Lipinski definition) is 2. The Morgan fingerprint density at radius 2 is 1.69 bits per heavy atom. The second kappa shape index (κ2) is 10.2. The third-order valence-corrected chi connectivity index (χ3v) is 8.07. The van der Waals surface area contributed by atoms with E-state index in [0.717, 1.165) is 82.7 Å². The molecule has 0 radical (unpaired) electrons. The number of nitrogens with zero attached hydrogens (tertiary/aromatic N) is 5. The van der Waals surface area contributed by atoms with Crippen molar-refractivity contribution >= 4 is 35.0 Å². The molecule has 3 fully saturated rings. The highest BCUT2D eigenvalue weighted by atomic mass is 19.2.